The fourth-order valence-corrected chi connectivity index (χ4v) is 4.09. The van der Waals surface area contributed by atoms with Crippen molar-refractivity contribution < 1.29 is 27.9 Å². The molecule has 4 rings (SSSR count). The monoisotopic (exact) mass is 387 g/mol. The number of amides is 1. The van der Waals surface area contributed by atoms with Gasteiger partial charge in [0.2, 0.25) is 0 Å². The van der Waals surface area contributed by atoms with Crippen molar-refractivity contribution in [1.82, 2.24) is 5.32 Å². The molecule has 0 radical (unpaired) electrons. The molecule has 2 aliphatic rings. The molecule has 1 aliphatic carbocycles. The Morgan fingerprint density at radius 3 is 2.79 bits per heavy atom. The first-order valence-corrected chi connectivity index (χ1v) is 9.42. The van der Waals surface area contributed by atoms with E-state index in [2.05, 4.69) is 5.32 Å². The molecule has 1 aromatic heterocycles. The molecular weight excluding hydrogens is 365 g/mol. The zero-order valence-corrected chi connectivity index (χ0v) is 15.7. The Morgan fingerprint density at radius 1 is 1.25 bits per heavy atom. The second kappa shape index (κ2) is 7.39. The highest BCUT2D eigenvalue weighted by molar-refractivity contribution is 6.09. The molecule has 6 nitrogen and oxygen atoms in total. The van der Waals surface area contributed by atoms with E-state index in [-0.39, 0.29) is 17.1 Å². The standard InChI is InChI=1S/C21H22FNO5/c1-26-17-7-2-4-14(19(17)22)21(8-10-27-11-9-21)23-20(25)13-12-28-16-6-3-5-15(24)18(13)16/h2,4,7,12H,3,5-6,8-11H2,1H3,(H,23,25). The van der Waals surface area contributed by atoms with Crippen LogP contribution < -0.4 is 10.1 Å². The third-order valence-corrected chi connectivity index (χ3v) is 5.60. The quantitative estimate of drug-likeness (QED) is 0.870. The Kier molecular flexibility index (Phi) is 4.93. The van der Waals surface area contributed by atoms with Crippen molar-refractivity contribution in [3.05, 3.63) is 52.7 Å². The number of benzene rings is 1. The second-order valence-corrected chi connectivity index (χ2v) is 7.19. The summed E-state index contributed by atoms with van der Waals surface area (Å²) in [4.78, 5) is 25.4. The normalized spacial score (nSPS) is 18.4. The number of methoxy groups -OCH3 is 1. The molecule has 2 heterocycles. The zero-order valence-electron chi connectivity index (χ0n) is 15.7. The third-order valence-electron chi connectivity index (χ3n) is 5.60. The minimum atomic E-state index is -0.949. The van der Waals surface area contributed by atoms with Crippen LogP contribution in [0.2, 0.25) is 0 Å². The lowest BCUT2D eigenvalue weighted by Gasteiger charge is -2.38. The van der Waals surface area contributed by atoms with Crippen LogP contribution in [0.3, 0.4) is 0 Å². The molecule has 1 amide bonds. The lowest BCUT2D eigenvalue weighted by Crippen LogP contribution is -2.50. The summed E-state index contributed by atoms with van der Waals surface area (Å²) in [6.45, 7) is 0.776. The zero-order chi connectivity index (χ0) is 19.7. The summed E-state index contributed by atoms with van der Waals surface area (Å²) in [7, 11) is 1.40. The van der Waals surface area contributed by atoms with E-state index in [9.17, 15) is 9.59 Å². The number of hydrogen-bond acceptors (Lipinski definition) is 5. The molecule has 0 atom stereocenters. The van der Waals surface area contributed by atoms with Gasteiger partial charge < -0.3 is 19.2 Å². The first kappa shape index (κ1) is 18.7. The van der Waals surface area contributed by atoms with E-state index in [1.54, 1.807) is 18.2 Å². The van der Waals surface area contributed by atoms with Crippen molar-refractivity contribution in [2.24, 2.45) is 0 Å². The minimum absolute atomic E-state index is 0.0891. The maximum atomic E-state index is 15.0. The fourth-order valence-electron chi connectivity index (χ4n) is 4.09. The number of carbonyl (C=O) groups excluding carboxylic acids is 2. The number of ketones is 1. The Morgan fingerprint density at radius 2 is 2.04 bits per heavy atom. The molecule has 2 aromatic rings. The molecule has 1 fully saturated rings. The van der Waals surface area contributed by atoms with Crippen molar-refractivity contribution in [2.45, 2.75) is 37.6 Å². The SMILES string of the molecule is COc1cccc(C2(NC(=O)c3coc4c3C(=O)CCC4)CCOCC2)c1F. The number of hydrogen-bond donors (Lipinski definition) is 1. The molecule has 0 spiro atoms. The van der Waals surface area contributed by atoms with E-state index in [0.717, 1.165) is 6.42 Å². The Bertz CT molecular complexity index is 914. The Labute approximate surface area is 162 Å². The lowest BCUT2D eigenvalue weighted by molar-refractivity contribution is 0.0331. The van der Waals surface area contributed by atoms with Crippen LogP contribution in [-0.4, -0.2) is 32.0 Å². The van der Waals surface area contributed by atoms with Crippen LogP contribution in [-0.2, 0) is 16.7 Å². The number of rotatable bonds is 4. The van der Waals surface area contributed by atoms with E-state index in [1.807, 2.05) is 0 Å². The van der Waals surface area contributed by atoms with Crippen LogP contribution >= 0.6 is 0 Å². The maximum Gasteiger partial charge on any atom is 0.255 e. The van der Waals surface area contributed by atoms with Gasteiger partial charge in [-0.05, 0) is 25.3 Å². The first-order valence-electron chi connectivity index (χ1n) is 9.42. The number of furan rings is 1. The van der Waals surface area contributed by atoms with Gasteiger partial charge in [-0.2, -0.15) is 0 Å². The van der Waals surface area contributed by atoms with Crippen molar-refractivity contribution in [3.8, 4) is 5.75 Å². The van der Waals surface area contributed by atoms with Crippen LogP contribution in [0.25, 0.3) is 0 Å². The van der Waals surface area contributed by atoms with Gasteiger partial charge in [-0.15, -0.1) is 0 Å². The molecule has 1 N–H and O–H groups in total. The molecule has 0 unspecified atom stereocenters. The van der Waals surface area contributed by atoms with Crippen LogP contribution in [0, 0.1) is 5.82 Å². The summed E-state index contributed by atoms with van der Waals surface area (Å²) in [5, 5.41) is 2.99. The number of fused-ring (bicyclic) bond motifs is 1. The topological polar surface area (TPSA) is 77.8 Å². The van der Waals surface area contributed by atoms with E-state index < -0.39 is 17.3 Å². The number of halogens is 1. The summed E-state index contributed by atoms with van der Waals surface area (Å²) >= 11 is 0. The van der Waals surface area contributed by atoms with Crippen LogP contribution in [0.5, 0.6) is 5.75 Å². The van der Waals surface area contributed by atoms with Crippen LogP contribution in [0.4, 0.5) is 4.39 Å². The van der Waals surface area contributed by atoms with Crippen LogP contribution in [0.15, 0.2) is 28.9 Å². The molecule has 28 heavy (non-hydrogen) atoms. The van der Waals surface area contributed by atoms with Gasteiger partial charge >= 0.3 is 0 Å². The van der Waals surface area contributed by atoms with Crippen LogP contribution in [0.1, 0.15) is 57.7 Å². The first-order chi connectivity index (χ1) is 13.6. The van der Waals surface area contributed by atoms with Gasteiger partial charge in [-0.3, -0.25) is 9.59 Å². The van der Waals surface area contributed by atoms with Gasteiger partial charge in [-0.25, -0.2) is 4.39 Å². The molecule has 1 aromatic carbocycles. The average Bonchev–Trinajstić information content (AvgIpc) is 3.14. The molecular formula is C21H22FNO5. The average molecular weight is 387 g/mol. The molecule has 7 heteroatoms. The van der Waals surface area contributed by atoms with Gasteiger partial charge in [0, 0.05) is 31.6 Å². The van der Waals surface area contributed by atoms with E-state index in [1.165, 1.54) is 13.4 Å². The molecule has 0 saturated carbocycles. The minimum Gasteiger partial charge on any atom is -0.494 e. The summed E-state index contributed by atoms with van der Waals surface area (Å²) in [6.07, 6.45) is 3.91. The van der Waals surface area contributed by atoms with Crippen molar-refractivity contribution in [1.29, 1.82) is 0 Å². The summed E-state index contributed by atoms with van der Waals surface area (Å²) in [5.74, 6) is -0.362. The predicted molar refractivity (Wildman–Crippen MR) is 98.1 cm³/mol. The van der Waals surface area contributed by atoms with Gasteiger partial charge in [0.05, 0.1) is 23.8 Å². The van der Waals surface area contributed by atoms with E-state index in [0.29, 0.717) is 55.8 Å². The Balaban J connectivity index is 1.71. The largest absolute Gasteiger partial charge is 0.494 e. The predicted octanol–water partition coefficient (Wildman–Crippen LogP) is 3.38. The number of Topliss-reactive ketones (excluding diaryl/α,β-unsaturated/α-hetero) is 1. The summed E-state index contributed by atoms with van der Waals surface area (Å²) in [5.41, 5.74) is -0.0198. The van der Waals surface area contributed by atoms with Gasteiger partial charge in [0.25, 0.3) is 5.91 Å². The summed E-state index contributed by atoms with van der Waals surface area (Å²) in [6, 6.07) is 4.89. The fraction of sp³-hybridized carbons (Fsp3) is 0.429. The number of nitrogens with one attached hydrogen (secondary N) is 1. The molecule has 0 bridgehead atoms. The molecule has 1 saturated heterocycles. The van der Waals surface area contributed by atoms with Crippen molar-refractivity contribution >= 4 is 11.7 Å². The lowest BCUT2D eigenvalue weighted by atomic mass is 9.81. The molecule has 148 valence electrons. The third kappa shape index (κ3) is 3.09. The van der Waals surface area contributed by atoms with Gasteiger partial charge in [-0.1, -0.05) is 12.1 Å². The van der Waals surface area contributed by atoms with E-state index in [4.69, 9.17) is 13.9 Å². The van der Waals surface area contributed by atoms with Crippen molar-refractivity contribution in [3.63, 3.8) is 0 Å². The summed E-state index contributed by atoms with van der Waals surface area (Å²) < 4.78 is 31.1. The second-order valence-electron chi connectivity index (χ2n) is 7.19. The molecule has 1 aliphatic heterocycles. The highest BCUT2D eigenvalue weighted by atomic mass is 19.1. The van der Waals surface area contributed by atoms with Gasteiger partial charge in [0.1, 0.15) is 12.0 Å². The Hall–Kier alpha value is -2.67. The van der Waals surface area contributed by atoms with E-state index >= 15 is 4.39 Å². The maximum absolute atomic E-state index is 15.0. The smallest absolute Gasteiger partial charge is 0.255 e. The highest BCUT2D eigenvalue weighted by Gasteiger charge is 2.40. The highest BCUT2D eigenvalue weighted by Crippen LogP contribution is 2.37. The van der Waals surface area contributed by atoms with Crippen molar-refractivity contribution in [2.75, 3.05) is 20.3 Å². The van der Waals surface area contributed by atoms with Gasteiger partial charge in [0.15, 0.2) is 17.3 Å². The number of aryl methyl sites for hydroxylation is 1. The number of ether oxygens (including phenoxy) is 2. The number of carbonyl (C=O) groups is 2.